The Balaban J connectivity index is 2.07. The van der Waals surface area contributed by atoms with Gasteiger partial charge in [0.1, 0.15) is 0 Å². The molecule has 86 valence electrons. The van der Waals surface area contributed by atoms with Gasteiger partial charge in [0, 0.05) is 23.1 Å². The van der Waals surface area contributed by atoms with Crippen molar-refractivity contribution < 1.29 is 4.79 Å². The van der Waals surface area contributed by atoms with Gasteiger partial charge in [0.2, 0.25) is 0 Å². The van der Waals surface area contributed by atoms with E-state index in [1.807, 2.05) is 30.3 Å². The van der Waals surface area contributed by atoms with Crippen LogP contribution in [-0.2, 0) is 0 Å². The van der Waals surface area contributed by atoms with Gasteiger partial charge < -0.3 is 0 Å². The highest BCUT2D eigenvalue weighted by molar-refractivity contribution is 6.08. The van der Waals surface area contributed by atoms with Crippen molar-refractivity contribution in [2.45, 2.75) is 25.7 Å². The van der Waals surface area contributed by atoms with Gasteiger partial charge in [0.25, 0.3) is 0 Å². The van der Waals surface area contributed by atoms with Crippen LogP contribution in [0.3, 0.4) is 0 Å². The molecule has 1 aromatic heterocycles. The summed E-state index contributed by atoms with van der Waals surface area (Å²) in [6.07, 6.45) is 6.23. The van der Waals surface area contributed by atoms with E-state index in [9.17, 15) is 4.79 Å². The Hall–Kier alpha value is -1.70. The van der Waals surface area contributed by atoms with E-state index in [0.717, 1.165) is 29.3 Å². The van der Waals surface area contributed by atoms with E-state index >= 15 is 0 Å². The number of para-hydroxylation sites is 1. The third kappa shape index (κ3) is 1.84. The van der Waals surface area contributed by atoms with E-state index in [4.69, 9.17) is 0 Å². The molecule has 0 aliphatic heterocycles. The number of carbonyl (C=O) groups is 1. The van der Waals surface area contributed by atoms with E-state index < -0.39 is 0 Å². The monoisotopic (exact) mass is 225 g/mol. The molecule has 1 saturated carbocycles. The van der Waals surface area contributed by atoms with Crippen LogP contribution in [-0.4, -0.2) is 10.8 Å². The van der Waals surface area contributed by atoms with Crippen molar-refractivity contribution in [2.24, 2.45) is 5.92 Å². The zero-order valence-corrected chi connectivity index (χ0v) is 9.73. The SMILES string of the molecule is O=C(c1ccnc2ccccc12)C1CCCC1. The molecule has 2 aromatic rings. The van der Waals surface area contributed by atoms with Gasteiger partial charge in [-0.05, 0) is 25.0 Å². The van der Waals surface area contributed by atoms with Crippen LogP contribution in [0, 0.1) is 5.92 Å². The number of ketones is 1. The van der Waals surface area contributed by atoms with Crippen molar-refractivity contribution in [3.8, 4) is 0 Å². The lowest BCUT2D eigenvalue weighted by atomic mass is 9.94. The van der Waals surface area contributed by atoms with Crippen LogP contribution >= 0.6 is 0 Å². The average Bonchev–Trinajstić information content (AvgIpc) is 2.91. The van der Waals surface area contributed by atoms with E-state index in [-0.39, 0.29) is 5.92 Å². The Kier molecular flexibility index (Phi) is 2.63. The predicted octanol–water partition coefficient (Wildman–Crippen LogP) is 3.61. The minimum Gasteiger partial charge on any atom is -0.294 e. The summed E-state index contributed by atoms with van der Waals surface area (Å²) in [6.45, 7) is 0. The van der Waals surface area contributed by atoms with E-state index in [0.29, 0.717) is 5.78 Å². The van der Waals surface area contributed by atoms with Crippen LogP contribution in [0.4, 0.5) is 0 Å². The number of hydrogen-bond donors (Lipinski definition) is 0. The van der Waals surface area contributed by atoms with Gasteiger partial charge >= 0.3 is 0 Å². The Morgan fingerprint density at radius 3 is 2.71 bits per heavy atom. The highest BCUT2D eigenvalue weighted by Crippen LogP contribution is 2.30. The first kappa shape index (κ1) is 10.5. The molecule has 2 nitrogen and oxygen atoms in total. The molecule has 3 rings (SSSR count). The number of carbonyl (C=O) groups excluding carboxylic acids is 1. The molecule has 0 spiro atoms. The van der Waals surface area contributed by atoms with Gasteiger partial charge in [-0.2, -0.15) is 0 Å². The molecule has 0 amide bonds. The maximum Gasteiger partial charge on any atom is 0.166 e. The fourth-order valence-electron chi connectivity index (χ4n) is 2.72. The zero-order valence-electron chi connectivity index (χ0n) is 9.73. The van der Waals surface area contributed by atoms with Crippen molar-refractivity contribution in [3.63, 3.8) is 0 Å². The standard InChI is InChI=1S/C15H15NO/c17-15(11-5-1-2-6-11)13-9-10-16-14-8-4-3-7-12(13)14/h3-4,7-11H,1-2,5-6H2. The van der Waals surface area contributed by atoms with Crippen LogP contribution in [0.2, 0.25) is 0 Å². The summed E-state index contributed by atoms with van der Waals surface area (Å²) < 4.78 is 0. The zero-order chi connectivity index (χ0) is 11.7. The summed E-state index contributed by atoms with van der Waals surface area (Å²) in [6, 6.07) is 9.74. The van der Waals surface area contributed by atoms with Crippen LogP contribution in [0.25, 0.3) is 10.9 Å². The summed E-state index contributed by atoms with van der Waals surface area (Å²) in [4.78, 5) is 16.7. The first-order chi connectivity index (χ1) is 8.36. The topological polar surface area (TPSA) is 30.0 Å². The van der Waals surface area contributed by atoms with Crippen molar-refractivity contribution in [2.75, 3.05) is 0 Å². The fraction of sp³-hybridized carbons (Fsp3) is 0.333. The van der Waals surface area contributed by atoms with E-state index in [1.165, 1.54) is 12.8 Å². The molecule has 0 radical (unpaired) electrons. The number of nitrogens with zero attached hydrogens (tertiary/aromatic N) is 1. The minimum atomic E-state index is 0.237. The summed E-state index contributed by atoms with van der Waals surface area (Å²) in [5.74, 6) is 0.543. The molecule has 1 aliphatic carbocycles. The molecule has 1 fully saturated rings. The van der Waals surface area contributed by atoms with Crippen LogP contribution in [0.5, 0.6) is 0 Å². The largest absolute Gasteiger partial charge is 0.294 e. The van der Waals surface area contributed by atoms with Gasteiger partial charge in [-0.15, -0.1) is 0 Å². The number of pyridine rings is 1. The summed E-state index contributed by atoms with van der Waals surface area (Å²) in [7, 11) is 0. The molecule has 0 unspecified atom stereocenters. The van der Waals surface area contributed by atoms with Crippen LogP contribution < -0.4 is 0 Å². The molecular formula is C15H15NO. The summed E-state index contributed by atoms with van der Waals surface area (Å²) >= 11 is 0. The second kappa shape index (κ2) is 4.28. The first-order valence-electron chi connectivity index (χ1n) is 6.24. The summed E-state index contributed by atoms with van der Waals surface area (Å²) in [5, 5.41) is 0.993. The third-order valence-corrected chi connectivity index (χ3v) is 3.64. The number of fused-ring (bicyclic) bond motifs is 1. The number of benzene rings is 1. The van der Waals surface area contributed by atoms with Crippen molar-refractivity contribution in [1.29, 1.82) is 0 Å². The third-order valence-electron chi connectivity index (χ3n) is 3.64. The molecule has 1 aliphatic rings. The Morgan fingerprint density at radius 2 is 1.88 bits per heavy atom. The maximum absolute atomic E-state index is 12.4. The van der Waals surface area contributed by atoms with Gasteiger partial charge in [-0.1, -0.05) is 31.0 Å². The quantitative estimate of drug-likeness (QED) is 0.731. The highest BCUT2D eigenvalue weighted by atomic mass is 16.1. The van der Waals surface area contributed by atoms with Gasteiger partial charge in [0.05, 0.1) is 5.52 Å². The second-order valence-electron chi connectivity index (χ2n) is 4.72. The van der Waals surface area contributed by atoms with Crippen molar-refractivity contribution in [1.82, 2.24) is 4.98 Å². The Morgan fingerprint density at radius 1 is 1.12 bits per heavy atom. The Labute approximate surface area is 101 Å². The number of rotatable bonds is 2. The molecule has 0 N–H and O–H groups in total. The van der Waals surface area contributed by atoms with Gasteiger partial charge in [-0.25, -0.2) is 0 Å². The van der Waals surface area contributed by atoms with Gasteiger partial charge in [-0.3, -0.25) is 9.78 Å². The molecule has 2 heteroatoms. The second-order valence-corrected chi connectivity index (χ2v) is 4.72. The lowest BCUT2D eigenvalue weighted by Gasteiger charge is -2.09. The molecule has 0 saturated heterocycles. The van der Waals surface area contributed by atoms with Crippen molar-refractivity contribution in [3.05, 3.63) is 42.1 Å². The first-order valence-corrected chi connectivity index (χ1v) is 6.24. The molecule has 1 aromatic carbocycles. The van der Waals surface area contributed by atoms with E-state index in [2.05, 4.69) is 4.98 Å². The lowest BCUT2D eigenvalue weighted by molar-refractivity contribution is 0.0924. The molecule has 0 bridgehead atoms. The maximum atomic E-state index is 12.4. The smallest absolute Gasteiger partial charge is 0.166 e. The fourth-order valence-corrected chi connectivity index (χ4v) is 2.72. The normalized spacial score (nSPS) is 16.5. The molecular weight excluding hydrogens is 210 g/mol. The predicted molar refractivity (Wildman–Crippen MR) is 68.0 cm³/mol. The number of hydrogen-bond acceptors (Lipinski definition) is 2. The van der Waals surface area contributed by atoms with Crippen LogP contribution in [0.15, 0.2) is 36.5 Å². The average molecular weight is 225 g/mol. The molecule has 17 heavy (non-hydrogen) atoms. The number of aromatic nitrogens is 1. The number of Topliss-reactive ketones (excluding diaryl/α,β-unsaturated/α-hetero) is 1. The Bertz CT molecular complexity index is 550. The molecule has 0 atom stereocenters. The lowest BCUT2D eigenvalue weighted by Crippen LogP contribution is -2.11. The summed E-state index contributed by atoms with van der Waals surface area (Å²) in [5.41, 5.74) is 1.76. The highest BCUT2D eigenvalue weighted by Gasteiger charge is 2.24. The van der Waals surface area contributed by atoms with Gasteiger partial charge in [0.15, 0.2) is 5.78 Å². The van der Waals surface area contributed by atoms with Crippen LogP contribution in [0.1, 0.15) is 36.0 Å². The molecule has 1 heterocycles. The van der Waals surface area contributed by atoms with E-state index in [1.54, 1.807) is 6.20 Å². The minimum absolute atomic E-state index is 0.237. The van der Waals surface area contributed by atoms with Crippen molar-refractivity contribution >= 4 is 16.7 Å².